The molecule has 3 nitrogen and oxygen atoms in total. The number of aromatic nitrogens is 1. The van der Waals surface area contributed by atoms with Crippen molar-refractivity contribution >= 4 is 29.1 Å². The average molecular weight is 303 g/mol. The van der Waals surface area contributed by atoms with E-state index < -0.39 is 0 Å². The van der Waals surface area contributed by atoms with Crippen molar-refractivity contribution in [2.24, 2.45) is 0 Å². The molecule has 5 heteroatoms. The van der Waals surface area contributed by atoms with Crippen LogP contribution >= 0.6 is 23.2 Å². The minimum Gasteiger partial charge on any atom is -0.336 e. The van der Waals surface area contributed by atoms with Gasteiger partial charge in [0, 0.05) is 18.2 Å². The predicted molar refractivity (Wildman–Crippen MR) is 80.0 cm³/mol. The van der Waals surface area contributed by atoms with Crippen LogP contribution in [-0.2, 0) is 0 Å². The Morgan fingerprint density at radius 3 is 2.32 bits per heavy atom. The fraction of sp³-hybridized carbons (Fsp3) is 0.571. The molecule has 0 fully saturated rings. The zero-order chi connectivity index (χ0) is 14.4. The maximum absolute atomic E-state index is 12.5. The van der Waals surface area contributed by atoms with Gasteiger partial charge in [0.15, 0.2) is 0 Å². The third kappa shape index (κ3) is 5.00. The molecule has 0 atom stereocenters. The van der Waals surface area contributed by atoms with Gasteiger partial charge in [-0.2, -0.15) is 0 Å². The first-order valence-electron chi connectivity index (χ1n) is 6.59. The normalized spacial score (nSPS) is 10.8. The third-order valence-corrected chi connectivity index (χ3v) is 3.28. The standard InChI is InChI=1S/C14H20Cl2N2O/c1-4-5-6-7-18(10(2)3)14(19)11-8-12(15)17-13(16)9-11/h8-10H,4-7H2,1-3H3. The fourth-order valence-electron chi connectivity index (χ4n) is 1.88. The lowest BCUT2D eigenvalue weighted by Crippen LogP contribution is -2.37. The number of rotatable bonds is 6. The number of halogens is 2. The van der Waals surface area contributed by atoms with E-state index in [9.17, 15) is 4.79 Å². The minimum atomic E-state index is -0.0442. The summed E-state index contributed by atoms with van der Waals surface area (Å²) in [6, 6.07) is 3.27. The van der Waals surface area contributed by atoms with E-state index in [-0.39, 0.29) is 22.3 Å². The van der Waals surface area contributed by atoms with Gasteiger partial charge in [0.25, 0.3) is 5.91 Å². The quantitative estimate of drug-likeness (QED) is 0.575. The van der Waals surface area contributed by atoms with Crippen LogP contribution < -0.4 is 0 Å². The van der Waals surface area contributed by atoms with Crippen molar-refractivity contribution in [2.75, 3.05) is 6.54 Å². The smallest absolute Gasteiger partial charge is 0.254 e. The third-order valence-electron chi connectivity index (χ3n) is 2.90. The first-order chi connectivity index (χ1) is 8.95. The van der Waals surface area contributed by atoms with E-state index in [1.807, 2.05) is 18.7 Å². The molecule has 0 N–H and O–H groups in total. The minimum absolute atomic E-state index is 0.0442. The first-order valence-corrected chi connectivity index (χ1v) is 7.35. The number of carbonyl (C=O) groups excluding carboxylic acids is 1. The van der Waals surface area contributed by atoms with Crippen LogP contribution in [0.4, 0.5) is 0 Å². The summed E-state index contributed by atoms with van der Waals surface area (Å²) in [7, 11) is 0. The van der Waals surface area contributed by atoms with Gasteiger partial charge in [-0.1, -0.05) is 43.0 Å². The number of hydrogen-bond donors (Lipinski definition) is 0. The molecular weight excluding hydrogens is 283 g/mol. The zero-order valence-corrected chi connectivity index (χ0v) is 13.1. The number of nitrogens with zero attached hydrogens (tertiary/aromatic N) is 2. The van der Waals surface area contributed by atoms with Gasteiger partial charge in [-0.25, -0.2) is 4.98 Å². The predicted octanol–water partition coefficient (Wildman–Crippen LogP) is 4.43. The maximum atomic E-state index is 12.5. The first kappa shape index (κ1) is 16.3. The summed E-state index contributed by atoms with van der Waals surface area (Å²) < 4.78 is 0. The highest BCUT2D eigenvalue weighted by atomic mass is 35.5. The number of unbranched alkanes of at least 4 members (excludes halogenated alkanes) is 2. The molecule has 1 amide bonds. The molecule has 0 bridgehead atoms. The van der Waals surface area contributed by atoms with Gasteiger partial charge in [0.05, 0.1) is 0 Å². The van der Waals surface area contributed by atoms with Crippen LogP contribution in [0.3, 0.4) is 0 Å². The second-order valence-corrected chi connectivity index (χ2v) is 5.58. The maximum Gasteiger partial charge on any atom is 0.254 e. The van der Waals surface area contributed by atoms with Crippen LogP contribution in [0, 0.1) is 0 Å². The van der Waals surface area contributed by atoms with Crippen LogP contribution in [0.15, 0.2) is 12.1 Å². The van der Waals surface area contributed by atoms with Crippen molar-refractivity contribution in [3.8, 4) is 0 Å². The highest BCUT2D eigenvalue weighted by molar-refractivity contribution is 6.33. The number of amides is 1. The molecule has 1 rings (SSSR count). The van der Waals surface area contributed by atoms with E-state index in [0.29, 0.717) is 5.56 Å². The Bertz CT molecular complexity index is 415. The highest BCUT2D eigenvalue weighted by Gasteiger charge is 2.19. The molecule has 1 aromatic heterocycles. The molecular formula is C14H20Cl2N2O. The van der Waals surface area contributed by atoms with Crippen LogP contribution in [0.25, 0.3) is 0 Å². The molecule has 0 aliphatic rings. The lowest BCUT2D eigenvalue weighted by molar-refractivity contribution is 0.0702. The summed E-state index contributed by atoms with van der Waals surface area (Å²) in [4.78, 5) is 18.2. The Kier molecular flexibility index (Phi) is 6.59. The lowest BCUT2D eigenvalue weighted by atomic mass is 10.1. The summed E-state index contributed by atoms with van der Waals surface area (Å²) >= 11 is 11.7. The molecule has 1 heterocycles. The van der Waals surface area contributed by atoms with Gasteiger partial charge in [0.2, 0.25) is 0 Å². The average Bonchev–Trinajstić information content (AvgIpc) is 2.32. The highest BCUT2D eigenvalue weighted by Crippen LogP contribution is 2.17. The molecule has 1 aromatic rings. The van der Waals surface area contributed by atoms with E-state index >= 15 is 0 Å². The van der Waals surface area contributed by atoms with E-state index in [1.165, 1.54) is 0 Å². The molecule has 106 valence electrons. The van der Waals surface area contributed by atoms with Crippen molar-refractivity contribution in [3.63, 3.8) is 0 Å². The summed E-state index contributed by atoms with van der Waals surface area (Å²) in [6.07, 6.45) is 3.26. The summed E-state index contributed by atoms with van der Waals surface area (Å²) in [6.45, 7) is 6.91. The van der Waals surface area contributed by atoms with E-state index in [4.69, 9.17) is 23.2 Å². The van der Waals surface area contributed by atoms with Crippen LogP contribution in [-0.4, -0.2) is 28.4 Å². The van der Waals surface area contributed by atoms with Crippen LogP contribution in [0.5, 0.6) is 0 Å². The van der Waals surface area contributed by atoms with Crippen LogP contribution in [0.1, 0.15) is 50.4 Å². The number of pyridine rings is 1. The van der Waals surface area contributed by atoms with Crippen molar-refractivity contribution in [2.45, 2.75) is 46.1 Å². The molecule has 0 aromatic carbocycles. The molecule has 0 spiro atoms. The summed E-state index contributed by atoms with van der Waals surface area (Å²) in [5.74, 6) is -0.0442. The van der Waals surface area contributed by atoms with Gasteiger partial charge in [-0.15, -0.1) is 0 Å². The van der Waals surface area contributed by atoms with Crippen molar-refractivity contribution < 1.29 is 4.79 Å². The van der Waals surface area contributed by atoms with Gasteiger partial charge < -0.3 is 4.90 Å². The molecule has 0 unspecified atom stereocenters. The van der Waals surface area contributed by atoms with E-state index in [0.717, 1.165) is 25.8 Å². The van der Waals surface area contributed by atoms with Gasteiger partial charge in [-0.3, -0.25) is 4.79 Å². The Morgan fingerprint density at radius 1 is 1.26 bits per heavy atom. The van der Waals surface area contributed by atoms with Gasteiger partial charge in [-0.05, 0) is 32.4 Å². The molecule has 0 saturated carbocycles. The van der Waals surface area contributed by atoms with Crippen molar-refractivity contribution in [3.05, 3.63) is 28.0 Å². The Hall–Kier alpha value is -0.800. The summed E-state index contributed by atoms with van der Waals surface area (Å²) in [5, 5.41) is 0.487. The monoisotopic (exact) mass is 302 g/mol. The molecule has 0 aliphatic heterocycles. The Labute approximate surface area is 124 Å². The second kappa shape index (κ2) is 7.71. The van der Waals surface area contributed by atoms with E-state index in [2.05, 4.69) is 11.9 Å². The lowest BCUT2D eigenvalue weighted by Gasteiger charge is -2.27. The fourth-order valence-corrected chi connectivity index (χ4v) is 2.34. The zero-order valence-electron chi connectivity index (χ0n) is 11.6. The van der Waals surface area contributed by atoms with E-state index in [1.54, 1.807) is 12.1 Å². The molecule has 0 aliphatic carbocycles. The largest absolute Gasteiger partial charge is 0.336 e. The molecule has 0 radical (unpaired) electrons. The van der Waals surface area contributed by atoms with Crippen molar-refractivity contribution in [1.29, 1.82) is 0 Å². The number of carbonyl (C=O) groups is 1. The molecule has 19 heavy (non-hydrogen) atoms. The Morgan fingerprint density at radius 2 is 1.84 bits per heavy atom. The van der Waals surface area contributed by atoms with Crippen molar-refractivity contribution in [1.82, 2.24) is 9.88 Å². The molecule has 0 saturated heterocycles. The number of hydrogen-bond acceptors (Lipinski definition) is 2. The Balaban J connectivity index is 2.86. The summed E-state index contributed by atoms with van der Waals surface area (Å²) in [5.41, 5.74) is 0.496. The van der Waals surface area contributed by atoms with Gasteiger partial charge >= 0.3 is 0 Å². The van der Waals surface area contributed by atoms with Gasteiger partial charge in [0.1, 0.15) is 10.3 Å². The topological polar surface area (TPSA) is 33.2 Å². The van der Waals surface area contributed by atoms with Crippen LogP contribution in [0.2, 0.25) is 10.3 Å². The second-order valence-electron chi connectivity index (χ2n) is 4.80. The SMILES string of the molecule is CCCCCN(C(=O)c1cc(Cl)nc(Cl)c1)C(C)C.